The van der Waals surface area contributed by atoms with Crippen LogP contribution in [0.25, 0.3) is 0 Å². The maximum absolute atomic E-state index is 10.8. The Kier molecular flexibility index (Phi) is 5.49. The first kappa shape index (κ1) is 16.9. The summed E-state index contributed by atoms with van der Waals surface area (Å²) in [7, 11) is -2.14. The first-order chi connectivity index (χ1) is 10.4. The number of hydrogen-bond donors (Lipinski definition) is 0. The molecule has 22 heavy (non-hydrogen) atoms. The molecule has 0 aromatic heterocycles. The van der Waals surface area contributed by atoms with Crippen LogP contribution in [-0.4, -0.2) is 51.7 Å². The van der Waals surface area contributed by atoms with E-state index in [9.17, 15) is 13.0 Å². The van der Waals surface area contributed by atoms with E-state index in [-0.39, 0.29) is 17.2 Å². The highest BCUT2D eigenvalue weighted by Crippen LogP contribution is 2.39. The molecule has 0 unspecified atom stereocenters. The number of likely N-dealkylation sites (tertiary alicyclic amines) is 1. The largest absolute Gasteiger partial charge is 0.716 e. The molecule has 124 valence electrons. The van der Waals surface area contributed by atoms with Crippen LogP contribution in [0.4, 0.5) is 0 Å². The van der Waals surface area contributed by atoms with Crippen molar-refractivity contribution in [1.29, 1.82) is 0 Å². The molecule has 1 heterocycles. The lowest BCUT2D eigenvalue weighted by Gasteiger charge is -2.18. The van der Waals surface area contributed by atoms with Crippen LogP contribution in [0.5, 0.6) is 17.2 Å². The highest BCUT2D eigenvalue weighted by molar-refractivity contribution is 7.81. The zero-order valence-electron chi connectivity index (χ0n) is 12.7. The van der Waals surface area contributed by atoms with Crippen molar-refractivity contribution in [2.24, 2.45) is 0 Å². The third-order valence-electron chi connectivity index (χ3n) is 3.62. The molecule has 1 aromatic carbocycles. The molecule has 0 N–H and O–H groups in total. The second-order valence-electron chi connectivity index (χ2n) is 5.12. The van der Waals surface area contributed by atoms with Crippen molar-refractivity contribution < 1.29 is 26.6 Å². The highest BCUT2D eigenvalue weighted by Gasteiger charge is 2.18. The Morgan fingerprint density at radius 1 is 1.14 bits per heavy atom. The van der Waals surface area contributed by atoms with Crippen molar-refractivity contribution in [2.75, 3.05) is 33.9 Å². The molecule has 2 rings (SSSR count). The quantitative estimate of drug-likeness (QED) is 0.548. The highest BCUT2D eigenvalue weighted by atomic mass is 32.3. The van der Waals surface area contributed by atoms with Gasteiger partial charge >= 0.3 is 0 Å². The van der Waals surface area contributed by atoms with Gasteiger partial charge in [0, 0.05) is 6.54 Å². The summed E-state index contributed by atoms with van der Waals surface area (Å²) in [5.41, 5.74) is 0.927. The number of benzene rings is 1. The van der Waals surface area contributed by atoms with Gasteiger partial charge in [-0.15, -0.1) is 0 Å². The van der Waals surface area contributed by atoms with E-state index in [2.05, 4.69) is 9.08 Å². The van der Waals surface area contributed by atoms with Gasteiger partial charge in [-0.3, -0.25) is 0 Å². The molecule has 0 amide bonds. The van der Waals surface area contributed by atoms with Gasteiger partial charge in [-0.2, -0.15) is 0 Å². The molecular formula is C14H20NO6S-. The second kappa shape index (κ2) is 7.17. The Morgan fingerprint density at radius 3 is 2.14 bits per heavy atom. The van der Waals surface area contributed by atoms with Crippen LogP contribution in [0.3, 0.4) is 0 Å². The van der Waals surface area contributed by atoms with Gasteiger partial charge in [0.05, 0.1) is 14.2 Å². The van der Waals surface area contributed by atoms with Gasteiger partial charge in [0.15, 0.2) is 11.5 Å². The minimum Gasteiger partial charge on any atom is -0.716 e. The average Bonchev–Trinajstić information content (AvgIpc) is 2.97. The molecule has 0 bridgehead atoms. The molecule has 1 aliphatic heterocycles. The zero-order chi connectivity index (χ0) is 16.2. The monoisotopic (exact) mass is 330 g/mol. The molecule has 8 heteroatoms. The molecule has 1 aromatic rings. The van der Waals surface area contributed by atoms with Crippen LogP contribution in [0, 0.1) is 0 Å². The van der Waals surface area contributed by atoms with Crippen LogP contribution in [0.1, 0.15) is 18.4 Å². The number of hydrogen-bond acceptors (Lipinski definition) is 7. The van der Waals surface area contributed by atoms with Crippen LogP contribution in [-0.2, 0) is 16.8 Å². The van der Waals surface area contributed by atoms with Crippen molar-refractivity contribution in [1.82, 2.24) is 4.90 Å². The average molecular weight is 330 g/mol. The van der Waals surface area contributed by atoms with Crippen LogP contribution in [0.2, 0.25) is 0 Å². The molecule has 7 nitrogen and oxygen atoms in total. The Labute approximate surface area is 130 Å². The lowest BCUT2D eigenvalue weighted by atomic mass is 10.1. The minimum absolute atomic E-state index is 0.162. The van der Waals surface area contributed by atoms with Gasteiger partial charge in [0.1, 0.15) is 0 Å². The summed E-state index contributed by atoms with van der Waals surface area (Å²) >= 11 is 0. The SMILES string of the molecule is COc1cc(CCN2CCCC2)cc(OC)c1OS(=O)(=O)[O-]. The summed E-state index contributed by atoms with van der Waals surface area (Å²) in [6, 6.07) is 3.33. The predicted molar refractivity (Wildman–Crippen MR) is 79.2 cm³/mol. The Balaban J connectivity index is 2.21. The van der Waals surface area contributed by atoms with Crippen molar-refractivity contribution in [3.8, 4) is 17.2 Å². The summed E-state index contributed by atoms with van der Waals surface area (Å²) in [4.78, 5) is 2.37. The van der Waals surface area contributed by atoms with E-state index >= 15 is 0 Å². The molecular weight excluding hydrogens is 310 g/mol. The molecule has 0 spiro atoms. The third-order valence-corrected chi connectivity index (χ3v) is 3.99. The topological polar surface area (TPSA) is 88.1 Å². The summed E-state index contributed by atoms with van der Waals surface area (Å²) in [6.07, 6.45) is 3.22. The van der Waals surface area contributed by atoms with Crippen LogP contribution >= 0.6 is 0 Å². The first-order valence-corrected chi connectivity index (χ1v) is 8.39. The van der Waals surface area contributed by atoms with E-state index in [1.807, 2.05) is 0 Å². The molecule has 1 saturated heterocycles. The number of methoxy groups -OCH3 is 2. The third kappa shape index (κ3) is 4.49. The summed E-state index contributed by atoms with van der Waals surface area (Å²) in [6.45, 7) is 3.11. The standard InChI is InChI=1S/C14H21NO6S/c1-19-12-9-11(5-8-15-6-3-4-7-15)10-13(20-2)14(12)21-22(16,17)18/h9-10H,3-8H2,1-2H3,(H,16,17,18)/p-1. The van der Waals surface area contributed by atoms with E-state index < -0.39 is 10.4 Å². The summed E-state index contributed by atoms with van der Waals surface area (Å²) in [5.74, 6) is 0.107. The van der Waals surface area contributed by atoms with Gasteiger partial charge in [-0.25, -0.2) is 8.42 Å². The molecule has 0 saturated carbocycles. The zero-order valence-corrected chi connectivity index (χ0v) is 13.5. The smallest absolute Gasteiger partial charge is 0.262 e. The fraction of sp³-hybridized carbons (Fsp3) is 0.571. The van der Waals surface area contributed by atoms with E-state index in [1.165, 1.54) is 27.1 Å². The van der Waals surface area contributed by atoms with E-state index in [1.54, 1.807) is 12.1 Å². The molecule has 0 aliphatic carbocycles. The fourth-order valence-corrected chi connectivity index (χ4v) is 2.92. The lowest BCUT2D eigenvalue weighted by Crippen LogP contribution is -2.22. The van der Waals surface area contributed by atoms with E-state index in [4.69, 9.17) is 9.47 Å². The molecule has 0 atom stereocenters. The fourth-order valence-electron chi connectivity index (χ4n) is 2.56. The van der Waals surface area contributed by atoms with Crippen LogP contribution < -0.4 is 13.7 Å². The van der Waals surface area contributed by atoms with E-state index in [0.717, 1.165) is 31.6 Å². The number of nitrogens with zero attached hydrogens (tertiary/aromatic N) is 1. The Morgan fingerprint density at radius 2 is 1.68 bits per heavy atom. The van der Waals surface area contributed by atoms with Gasteiger partial charge in [-0.05, 0) is 50.0 Å². The normalized spacial score (nSPS) is 15.8. The first-order valence-electron chi connectivity index (χ1n) is 7.05. The number of ether oxygens (including phenoxy) is 2. The van der Waals surface area contributed by atoms with Crippen molar-refractivity contribution >= 4 is 10.4 Å². The van der Waals surface area contributed by atoms with E-state index in [0.29, 0.717) is 0 Å². The maximum Gasteiger partial charge on any atom is 0.262 e. The van der Waals surface area contributed by atoms with Crippen LogP contribution in [0.15, 0.2) is 12.1 Å². The second-order valence-corrected chi connectivity index (χ2v) is 6.10. The molecule has 1 aliphatic rings. The van der Waals surface area contributed by atoms with Crippen molar-refractivity contribution in [3.05, 3.63) is 17.7 Å². The molecule has 1 fully saturated rings. The van der Waals surface area contributed by atoms with Gasteiger partial charge in [-0.1, -0.05) is 0 Å². The van der Waals surface area contributed by atoms with Gasteiger partial charge in [0.2, 0.25) is 5.75 Å². The summed E-state index contributed by atoms with van der Waals surface area (Å²) in [5, 5.41) is 0. The molecule has 0 radical (unpaired) electrons. The van der Waals surface area contributed by atoms with Gasteiger partial charge in [0.25, 0.3) is 10.4 Å². The maximum atomic E-state index is 10.8. The van der Waals surface area contributed by atoms with Crippen molar-refractivity contribution in [2.45, 2.75) is 19.3 Å². The van der Waals surface area contributed by atoms with Crippen molar-refractivity contribution in [3.63, 3.8) is 0 Å². The number of rotatable bonds is 7. The summed E-state index contributed by atoms with van der Waals surface area (Å²) < 4.78 is 47.2. The lowest BCUT2D eigenvalue weighted by molar-refractivity contribution is 0.328. The minimum atomic E-state index is -4.90. The Bertz CT molecular complexity index is 585. The van der Waals surface area contributed by atoms with Gasteiger partial charge < -0.3 is 23.1 Å². The Hall–Kier alpha value is -1.51. The predicted octanol–water partition coefficient (Wildman–Crippen LogP) is 1.18.